The van der Waals surface area contributed by atoms with Crippen LogP contribution in [0.1, 0.15) is 17.7 Å². The van der Waals surface area contributed by atoms with Gasteiger partial charge in [-0.3, -0.25) is 0 Å². The second kappa shape index (κ2) is 13.3. The molecule has 0 bridgehead atoms. The molecule has 0 unspecified atom stereocenters. The quantitative estimate of drug-likeness (QED) is 0.162. The van der Waals surface area contributed by atoms with Crippen LogP contribution in [0.15, 0.2) is 200 Å². The maximum atomic E-state index is 2.43. The van der Waals surface area contributed by atoms with Gasteiger partial charge in [0.25, 0.3) is 0 Å². The molecule has 1 aliphatic rings. The van der Waals surface area contributed by atoms with Gasteiger partial charge in [0.2, 0.25) is 0 Å². The molecule has 0 saturated heterocycles. The van der Waals surface area contributed by atoms with Crippen molar-refractivity contribution in [3.05, 3.63) is 211 Å². The van der Waals surface area contributed by atoms with Crippen molar-refractivity contribution < 1.29 is 0 Å². The Bertz CT molecular complexity index is 3050. The summed E-state index contributed by atoms with van der Waals surface area (Å²) in [4.78, 5) is 0. The van der Waals surface area contributed by atoms with Crippen LogP contribution in [-0.2, 0) is 6.42 Å². The van der Waals surface area contributed by atoms with Gasteiger partial charge >= 0.3 is 0 Å². The van der Waals surface area contributed by atoms with Crippen LogP contribution in [0.5, 0.6) is 0 Å². The minimum atomic E-state index is 1.08. The zero-order chi connectivity index (χ0) is 37.0. The van der Waals surface area contributed by atoms with E-state index in [0.717, 1.165) is 18.5 Å². The molecule has 8 aromatic carbocycles. The number of benzene rings is 8. The van der Waals surface area contributed by atoms with Crippen LogP contribution in [-0.4, -0.2) is 9.13 Å². The predicted octanol–water partition coefficient (Wildman–Crippen LogP) is 14.4. The van der Waals surface area contributed by atoms with Crippen LogP contribution in [0.25, 0.3) is 94.7 Å². The van der Waals surface area contributed by atoms with E-state index in [0.29, 0.717) is 0 Å². The van der Waals surface area contributed by atoms with Crippen molar-refractivity contribution in [1.29, 1.82) is 0 Å². The highest BCUT2D eigenvalue weighted by molar-refractivity contribution is 6.09. The van der Waals surface area contributed by atoms with E-state index in [1.807, 2.05) is 0 Å². The average molecular weight is 715 g/mol. The van der Waals surface area contributed by atoms with Crippen molar-refractivity contribution in [2.45, 2.75) is 12.8 Å². The number of para-hydroxylation sites is 3. The molecule has 0 radical (unpaired) electrons. The third-order valence-corrected chi connectivity index (χ3v) is 11.6. The lowest BCUT2D eigenvalue weighted by Crippen LogP contribution is -2.00. The fraction of sp³-hybridized carbons (Fsp3) is 0.0370. The number of rotatable bonds is 6. The Kier molecular flexibility index (Phi) is 7.67. The summed E-state index contributed by atoms with van der Waals surface area (Å²) in [6.07, 6.45) is 6.79. The molecule has 56 heavy (non-hydrogen) atoms. The van der Waals surface area contributed by atoms with Crippen LogP contribution in [0.2, 0.25) is 0 Å². The van der Waals surface area contributed by atoms with Gasteiger partial charge in [-0.1, -0.05) is 133 Å². The van der Waals surface area contributed by atoms with E-state index in [-0.39, 0.29) is 0 Å². The van der Waals surface area contributed by atoms with Crippen LogP contribution in [0.4, 0.5) is 0 Å². The standard InChI is InChI=1S/C54H38N2/c1-2-13-37(14-3-1)42-34-43(39-27-31-46(32-28-39)56-53-23-10-6-19-49(53)50-20-7-11-24-54(50)56)36-44(35-42)41-16-12-15-40(33-41)38-25-29-45(30-26-38)55-51-21-8-4-17-47(51)48-18-5-9-22-52(48)55/h1-6,8-19,21-36H,7,20H2. The first-order chi connectivity index (χ1) is 27.8. The summed E-state index contributed by atoms with van der Waals surface area (Å²) in [5, 5.41) is 3.91. The van der Waals surface area contributed by atoms with E-state index in [2.05, 4.69) is 215 Å². The Hall–Kier alpha value is -7.16. The van der Waals surface area contributed by atoms with Gasteiger partial charge in [-0.25, -0.2) is 0 Å². The van der Waals surface area contributed by atoms with E-state index in [1.165, 1.54) is 94.2 Å². The molecule has 10 aromatic rings. The number of hydrogen-bond acceptors (Lipinski definition) is 0. The minimum absolute atomic E-state index is 1.08. The summed E-state index contributed by atoms with van der Waals surface area (Å²) in [6.45, 7) is 0. The van der Waals surface area contributed by atoms with Gasteiger partial charge < -0.3 is 9.13 Å². The van der Waals surface area contributed by atoms with Crippen LogP contribution in [0, 0.1) is 0 Å². The molecule has 264 valence electrons. The number of nitrogens with zero attached hydrogens (tertiary/aromatic N) is 2. The Morgan fingerprint density at radius 3 is 1.38 bits per heavy atom. The van der Waals surface area contributed by atoms with E-state index < -0.39 is 0 Å². The molecule has 2 heteroatoms. The van der Waals surface area contributed by atoms with E-state index in [4.69, 9.17) is 0 Å². The largest absolute Gasteiger partial charge is 0.310 e. The Labute approximate surface area is 326 Å². The molecule has 0 saturated carbocycles. The van der Waals surface area contributed by atoms with Gasteiger partial charge in [0.05, 0.1) is 16.6 Å². The molecule has 2 aromatic heterocycles. The SMILES string of the molecule is C1=Cc2c(c3ccccc3n2-c2ccc(-c3cc(-c4ccccc4)cc(-c4cccc(-c5ccc(-n6c7ccccc7c7ccccc76)cc5)c4)c3)cc2)CC1. The highest BCUT2D eigenvalue weighted by atomic mass is 15.0. The molecular formula is C54H38N2. The Morgan fingerprint density at radius 2 is 0.750 bits per heavy atom. The lowest BCUT2D eigenvalue weighted by atomic mass is 9.92. The summed E-state index contributed by atoms with van der Waals surface area (Å²) in [5.74, 6) is 0. The second-order valence-electron chi connectivity index (χ2n) is 14.9. The second-order valence-corrected chi connectivity index (χ2v) is 14.9. The molecule has 2 nitrogen and oxygen atoms in total. The molecule has 2 heterocycles. The average Bonchev–Trinajstić information content (AvgIpc) is 3.80. The first-order valence-corrected chi connectivity index (χ1v) is 19.6. The van der Waals surface area contributed by atoms with Crippen LogP contribution in [0.3, 0.4) is 0 Å². The number of allylic oxidation sites excluding steroid dienone is 1. The summed E-state index contributed by atoms with van der Waals surface area (Å²) in [7, 11) is 0. The van der Waals surface area contributed by atoms with E-state index in [9.17, 15) is 0 Å². The lowest BCUT2D eigenvalue weighted by molar-refractivity contribution is 0.967. The molecule has 1 aliphatic carbocycles. The lowest BCUT2D eigenvalue weighted by Gasteiger charge is -2.14. The molecule has 0 aliphatic heterocycles. The molecule has 0 spiro atoms. The van der Waals surface area contributed by atoms with Gasteiger partial charge in [-0.05, 0) is 136 Å². The monoisotopic (exact) mass is 714 g/mol. The predicted molar refractivity (Wildman–Crippen MR) is 237 cm³/mol. The maximum absolute atomic E-state index is 2.43. The van der Waals surface area contributed by atoms with Crippen molar-refractivity contribution in [1.82, 2.24) is 9.13 Å². The third kappa shape index (κ3) is 5.41. The normalized spacial score (nSPS) is 12.4. The fourth-order valence-corrected chi connectivity index (χ4v) is 8.91. The molecule has 0 N–H and O–H groups in total. The topological polar surface area (TPSA) is 9.86 Å². The van der Waals surface area contributed by atoms with E-state index in [1.54, 1.807) is 0 Å². The molecule has 0 fully saturated rings. The van der Waals surface area contributed by atoms with E-state index >= 15 is 0 Å². The molecule has 0 amide bonds. The van der Waals surface area contributed by atoms with Crippen molar-refractivity contribution in [3.8, 4) is 55.9 Å². The molecule has 11 rings (SSSR count). The fourth-order valence-electron chi connectivity index (χ4n) is 8.91. The number of hydrogen-bond donors (Lipinski definition) is 0. The molecular weight excluding hydrogens is 677 g/mol. The number of fused-ring (bicyclic) bond motifs is 6. The van der Waals surface area contributed by atoms with Gasteiger partial charge in [0.1, 0.15) is 0 Å². The number of aryl methyl sites for hydroxylation is 1. The van der Waals surface area contributed by atoms with Crippen molar-refractivity contribution in [2.75, 3.05) is 0 Å². The van der Waals surface area contributed by atoms with Crippen LogP contribution >= 0.6 is 0 Å². The minimum Gasteiger partial charge on any atom is -0.310 e. The Morgan fingerprint density at radius 1 is 0.321 bits per heavy atom. The summed E-state index contributed by atoms with van der Waals surface area (Å²) in [5.41, 5.74) is 18.4. The zero-order valence-corrected chi connectivity index (χ0v) is 30.9. The van der Waals surface area contributed by atoms with Gasteiger partial charge in [-0.2, -0.15) is 0 Å². The Balaban J connectivity index is 0.969. The first-order valence-electron chi connectivity index (χ1n) is 19.6. The zero-order valence-electron chi connectivity index (χ0n) is 30.9. The van der Waals surface area contributed by atoms with Gasteiger partial charge in [0, 0.05) is 33.2 Å². The first kappa shape index (κ1) is 32.3. The maximum Gasteiger partial charge on any atom is 0.0541 e. The van der Waals surface area contributed by atoms with Crippen molar-refractivity contribution >= 4 is 38.8 Å². The van der Waals surface area contributed by atoms with Crippen molar-refractivity contribution in [2.24, 2.45) is 0 Å². The van der Waals surface area contributed by atoms with Crippen molar-refractivity contribution in [3.63, 3.8) is 0 Å². The van der Waals surface area contributed by atoms with Gasteiger partial charge in [-0.15, -0.1) is 0 Å². The molecule has 0 atom stereocenters. The highest BCUT2D eigenvalue weighted by Crippen LogP contribution is 2.38. The smallest absolute Gasteiger partial charge is 0.0541 e. The van der Waals surface area contributed by atoms with Gasteiger partial charge in [0.15, 0.2) is 0 Å². The van der Waals surface area contributed by atoms with Crippen LogP contribution < -0.4 is 0 Å². The third-order valence-electron chi connectivity index (χ3n) is 11.6. The summed E-state index contributed by atoms with van der Waals surface area (Å²) < 4.78 is 4.80. The highest BCUT2D eigenvalue weighted by Gasteiger charge is 2.18. The summed E-state index contributed by atoms with van der Waals surface area (Å²) in [6, 6.07) is 71.1. The number of aromatic nitrogens is 2. The summed E-state index contributed by atoms with van der Waals surface area (Å²) >= 11 is 0.